The maximum absolute atomic E-state index is 5.78. The van der Waals surface area contributed by atoms with E-state index in [-0.39, 0.29) is 6.10 Å². The molecule has 0 heterocycles. The molecule has 0 saturated heterocycles. The van der Waals surface area contributed by atoms with E-state index in [2.05, 4.69) is 5.92 Å². The molecule has 68 valence electrons. The second-order valence-electron chi connectivity index (χ2n) is 2.76. The topological polar surface area (TPSA) is 35.2 Å². The zero-order valence-corrected chi connectivity index (χ0v) is 7.66. The fourth-order valence-corrected chi connectivity index (χ4v) is 1.23. The van der Waals surface area contributed by atoms with Gasteiger partial charge in [-0.1, -0.05) is 18.2 Å². The van der Waals surface area contributed by atoms with Crippen LogP contribution in [-0.2, 0) is 4.74 Å². The average molecular weight is 175 g/mol. The molecule has 2 N–H and O–H groups in total. The van der Waals surface area contributed by atoms with Gasteiger partial charge in [0.2, 0.25) is 0 Å². The summed E-state index contributed by atoms with van der Waals surface area (Å²) in [6.45, 7) is 0. The van der Waals surface area contributed by atoms with Crippen molar-refractivity contribution in [2.75, 3.05) is 12.8 Å². The predicted octanol–water partition coefficient (Wildman–Crippen LogP) is 1.98. The van der Waals surface area contributed by atoms with Gasteiger partial charge in [-0.05, 0) is 6.07 Å². The summed E-state index contributed by atoms with van der Waals surface area (Å²) in [5, 5.41) is 0. The molecule has 0 saturated carbocycles. The van der Waals surface area contributed by atoms with Crippen LogP contribution in [0.15, 0.2) is 24.3 Å². The molecule has 13 heavy (non-hydrogen) atoms. The molecule has 0 bridgehead atoms. The number of terminal acetylenes is 1. The first-order valence-corrected chi connectivity index (χ1v) is 4.10. The van der Waals surface area contributed by atoms with Crippen molar-refractivity contribution in [2.24, 2.45) is 0 Å². The standard InChI is InChI=1S/C11H13NO/c1-3-6-11(13-2)9-7-4-5-8-10(9)12/h1,4-5,7-8,11H,6,12H2,2H3. The van der Waals surface area contributed by atoms with Crippen LogP contribution >= 0.6 is 0 Å². The molecule has 1 unspecified atom stereocenters. The average Bonchev–Trinajstić information content (AvgIpc) is 2.16. The lowest BCUT2D eigenvalue weighted by atomic mass is 10.1. The first kappa shape index (κ1) is 9.63. The SMILES string of the molecule is C#CCC(OC)c1ccccc1N. The van der Waals surface area contributed by atoms with E-state index in [0.717, 1.165) is 11.3 Å². The van der Waals surface area contributed by atoms with E-state index in [1.54, 1.807) is 7.11 Å². The summed E-state index contributed by atoms with van der Waals surface area (Å²) < 4.78 is 5.24. The highest BCUT2D eigenvalue weighted by molar-refractivity contribution is 5.47. The van der Waals surface area contributed by atoms with Crippen molar-refractivity contribution < 1.29 is 4.74 Å². The molecular weight excluding hydrogens is 162 g/mol. The highest BCUT2D eigenvalue weighted by atomic mass is 16.5. The second-order valence-corrected chi connectivity index (χ2v) is 2.76. The van der Waals surface area contributed by atoms with Gasteiger partial charge in [-0.25, -0.2) is 0 Å². The van der Waals surface area contributed by atoms with E-state index in [0.29, 0.717) is 6.42 Å². The molecule has 1 rings (SSSR count). The smallest absolute Gasteiger partial charge is 0.0949 e. The van der Waals surface area contributed by atoms with Crippen LogP contribution in [0.25, 0.3) is 0 Å². The predicted molar refractivity (Wildman–Crippen MR) is 54.1 cm³/mol. The third kappa shape index (κ3) is 2.24. The molecule has 2 nitrogen and oxygen atoms in total. The van der Waals surface area contributed by atoms with Crippen molar-refractivity contribution >= 4 is 5.69 Å². The molecule has 0 aromatic heterocycles. The van der Waals surface area contributed by atoms with Crippen LogP contribution in [0, 0.1) is 12.3 Å². The van der Waals surface area contributed by atoms with Gasteiger partial charge in [0.25, 0.3) is 0 Å². The molecule has 0 amide bonds. The molecular formula is C11H13NO. The number of ether oxygens (including phenoxy) is 1. The molecule has 1 aromatic rings. The van der Waals surface area contributed by atoms with Gasteiger partial charge in [0, 0.05) is 24.8 Å². The lowest BCUT2D eigenvalue weighted by molar-refractivity contribution is 0.108. The molecule has 1 atom stereocenters. The number of benzene rings is 1. The number of para-hydroxylation sites is 1. The molecule has 0 aliphatic carbocycles. The number of nitrogen functional groups attached to an aromatic ring is 1. The van der Waals surface area contributed by atoms with Gasteiger partial charge < -0.3 is 10.5 Å². The maximum atomic E-state index is 5.78. The molecule has 2 heteroatoms. The van der Waals surface area contributed by atoms with Crippen LogP contribution in [0.3, 0.4) is 0 Å². The summed E-state index contributed by atoms with van der Waals surface area (Å²) in [6, 6.07) is 7.59. The van der Waals surface area contributed by atoms with E-state index in [4.69, 9.17) is 16.9 Å². The number of methoxy groups -OCH3 is 1. The Labute approximate surface area is 78.7 Å². The van der Waals surface area contributed by atoms with Gasteiger partial charge in [-0.3, -0.25) is 0 Å². The van der Waals surface area contributed by atoms with Crippen LogP contribution in [0.4, 0.5) is 5.69 Å². The zero-order valence-electron chi connectivity index (χ0n) is 7.66. The van der Waals surface area contributed by atoms with Crippen molar-refractivity contribution in [2.45, 2.75) is 12.5 Å². The van der Waals surface area contributed by atoms with Crippen LogP contribution in [0.5, 0.6) is 0 Å². The Kier molecular flexibility index (Phi) is 3.36. The van der Waals surface area contributed by atoms with E-state index < -0.39 is 0 Å². The third-order valence-electron chi connectivity index (χ3n) is 1.93. The number of hydrogen-bond donors (Lipinski definition) is 1. The fourth-order valence-electron chi connectivity index (χ4n) is 1.23. The summed E-state index contributed by atoms with van der Waals surface area (Å²) in [6.07, 6.45) is 5.68. The van der Waals surface area contributed by atoms with Gasteiger partial charge in [-0.15, -0.1) is 12.3 Å². The summed E-state index contributed by atoms with van der Waals surface area (Å²) in [4.78, 5) is 0. The van der Waals surface area contributed by atoms with Gasteiger partial charge in [-0.2, -0.15) is 0 Å². The van der Waals surface area contributed by atoms with Crippen LogP contribution in [0.2, 0.25) is 0 Å². The Morgan fingerprint density at radius 3 is 2.77 bits per heavy atom. The first-order valence-electron chi connectivity index (χ1n) is 4.10. The van der Waals surface area contributed by atoms with Crippen molar-refractivity contribution in [3.8, 4) is 12.3 Å². The Hall–Kier alpha value is -1.46. The van der Waals surface area contributed by atoms with Gasteiger partial charge in [0.05, 0.1) is 6.10 Å². The zero-order chi connectivity index (χ0) is 9.68. The number of hydrogen-bond acceptors (Lipinski definition) is 2. The first-order chi connectivity index (χ1) is 6.29. The van der Waals surface area contributed by atoms with Crippen LogP contribution in [-0.4, -0.2) is 7.11 Å². The van der Waals surface area contributed by atoms with Crippen molar-refractivity contribution in [1.82, 2.24) is 0 Å². The van der Waals surface area contributed by atoms with Gasteiger partial charge >= 0.3 is 0 Å². The number of nitrogens with two attached hydrogens (primary N) is 1. The van der Waals surface area contributed by atoms with E-state index in [1.165, 1.54) is 0 Å². The lowest BCUT2D eigenvalue weighted by Gasteiger charge is -2.14. The number of anilines is 1. The van der Waals surface area contributed by atoms with Gasteiger partial charge in [0.15, 0.2) is 0 Å². The maximum Gasteiger partial charge on any atom is 0.0949 e. The summed E-state index contributed by atoms with van der Waals surface area (Å²) in [5.74, 6) is 2.56. The monoisotopic (exact) mass is 175 g/mol. The Morgan fingerprint density at radius 2 is 2.23 bits per heavy atom. The quantitative estimate of drug-likeness (QED) is 0.563. The second kappa shape index (κ2) is 4.54. The highest BCUT2D eigenvalue weighted by Crippen LogP contribution is 2.24. The molecule has 0 radical (unpaired) electrons. The lowest BCUT2D eigenvalue weighted by Crippen LogP contribution is -2.03. The van der Waals surface area contributed by atoms with Crippen LogP contribution in [0.1, 0.15) is 18.1 Å². The summed E-state index contributed by atoms with van der Waals surface area (Å²) in [5.41, 5.74) is 7.47. The van der Waals surface area contributed by atoms with Crippen molar-refractivity contribution in [3.05, 3.63) is 29.8 Å². The summed E-state index contributed by atoms with van der Waals surface area (Å²) >= 11 is 0. The minimum absolute atomic E-state index is 0.0915. The van der Waals surface area contributed by atoms with E-state index in [1.807, 2.05) is 24.3 Å². The third-order valence-corrected chi connectivity index (χ3v) is 1.93. The van der Waals surface area contributed by atoms with Crippen LogP contribution < -0.4 is 5.73 Å². The molecule has 0 fully saturated rings. The van der Waals surface area contributed by atoms with Gasteiger partial charge in [0.1, 0.15) is 0 Å². The summed E-state index contributed by atoms with van der Waals surface area (Å²) in [7, 11) is 1.63. The Bertz CT molecular complexity index is 314. The fraction of sp³-hybridized carbons (Fsp3) is 0.273. The Morgan fingerprint density at radius 1 is 1.54 bits per heavy atom. The highest BCUT2D eigenvalue weighted by Gasteiger charge is 2.10. The Balaban J connectivity index is 2.92. The van der Waals surface area contributed by atoms with Crippen molar-refractivity contribution in [1.29, 1.82) is 0 Å². The van der Waals surface area contributed by atoms with E-state index in [9.17, 15) is 0 Å². The van der Waals surface area contributed by atoms with Crippen molar-refractivity contribution in [3.63, 3.8) is 0 Å². The molecule has 0 aliphatic rings. The molecule has 0 aliphatic heterocycles. The normalized spacial score (nSPS) is 12.0. The largest absolute Gasteiger partial charge is 0.398 e. The number of rotatable bonds is 3. The minimum Gasteiger partial charge on any atom is -0.398 e. The minimum atomic E-state index is -0.0915. The molecule has 1 aromatic carbocycles. The van der Waals surface area contributed by atoms with E-state index >= 15 is 0 Å². The molecule has 0 spiro atoms.